The third kappa shape index (κ3) is 5.25. The molecule has 0 fully saturated rings. The van der Waals surface area contributed by atoms with Gasteiger partial charge in [-0.1, -0.05) is 6.92 Å². The number of ether oxygens (including phenoxy) is 1. The average molecular weight is 274 g/mol. The Hall–Kier alpha value is -0.450. The predicted octanol–water partition coefficient (Wildman–Crippen LogP) is 2.17. The normalized spacial score (nSPS) is 12.7. The van der Waals surface area contributed by atoms with E-state index in [4.69, 9.17) is 4.74 Å². The van der Waals surface area contributed by atoms with Crippen molar-refractivity contribution in [3.05, 3.63) is 28.5 Å². The molecule has 0 bridgehead atoms. The topological polar surface area (TPSA) is 42.4 Å². The number of halogens is 1. The summed E-state index contributed by atoms with van der Waals surface area (Å²) in [4.78, 5) is 4.18. The summed E-state index contributed by atoms with van der Waals surface area (Å²) in [5, 5.41) is 9.62. The molecule has 0 radical (unpaired) electrons. The molecule has 1 rings (SSSR count). The minimum absolute atomic E-state index is 0.381. The molecule has 0 amide bonds. The Morgan fingerprint density at radius 3 is 2.93 bits per heavy atom. The summed E-state index contributed by atoms with van der Waals surface area (Å²) < 4.78 is 6.20. The van der Waals surface area contributed by atoms with Gasteiger partial charge in [0, 0.05) is 29.4 Å². The number of aromatic nitrogens is 1. The van der Waals surface area contributed by atoms with Crippen LogP contribution in [0.1, 0.15) is 19.0 Å². The highest BCUT2D eigenvalue weighted by Gasteiger charge is 2.06. The Morgan fingerprint density at radius 1 is 1.53 bits per heavy atom. The Kier molecular flexibility index (Phi) is 5.83. The van der Waals surface area contributed by atoms with Crippen LogP contribution in [0.25, 0.3) is 0 Å². The number of nitrogens with zero attached hydrogens (tertiary/aromatic N) is 1. The standard InChI is InChI=1S/C11H16BrNO2/c1-2-5-15-8-11(14)6-10-4-3-9(12)7-13-10/h3-4,7,11,14H,2,5-6,8H2,1H3. The van der Waals surface area contributed by atoms with E-state index in [0.717, 1.165) is 16.6 Å². The van der Waals surface area contributed by atoms with Crippen LogP contribution in [0.4, 0.5) is 0 Å². The van der Waals surface area contributed by atoms with Gasteiger partial charge in [-0.15, -0.1) is 0 Å². The molecule has 1 aromatic heterocycles. The molecule has 15 heavy (non-hydrogen) atoms. The maximum Gasteiger partial charge on any atom is 0.0828 e. The summed E-state index contributed by atoms with van der Waals surface area (Å²) in [6, 6.07) is 3.81. The van der Waals surface area contributed by atoms with Gasteiger partial charge >= 0.3 is 0 Å². The van der Waals surface area contributed by atoms with E-state index < -0.39 is 6.10 Å². The van der Waals surface area contributed by atoms with Gasteiger partial charge in [0.25, 0.3) is 0 Å². The van der Waals surface area contributed by atoms with Crippen molar-refractivity contribution >= 4 is 15.9 Å². The van der Waals surface area contributed by atoms with Crippen LogP contribution >= 0.6 is 15.9 Å². The molecule has 1 atom stereocenters. The fraction of sp³-hybridized carbons (Fsp3) is 0.545. The second-order valence-electron chi connectivity index (χ2n) is 3.40. The zero-order chi connectivity index (χ0) is 11.1. The molecule has 0 saturated heterocycles. The highest BCUT2D eigenvalue weighted by Crippen LogP contribution is 2.08. The van der Waals surface area contributed by atoms with Gasteiger partial charge in [0.05, 0.1) is 12.7 Å². The molecule has 1 heterocycles. The van der Waals surface area contributed by atoms with Crippen LogP contribution in [-0.2, 0) is 11.2 Å². The smallest absolute Gasteiger partial charge is 0.0828 e. The first-order valence-electron chi connectivity index (χ1n) is 5.08. The molecule has 0 aliphatic rings. The van der Waals surface area contributed by atoms with Crippen molar-refractivity contribution in [3.8, 4) is 0 Å². The largest absolute Gasteiger partial charge is 0.390 e. The number of aliphatic hydroxyl groups is 1. The molecule has 1 aromatic rings. The molecule has 3 nitrogen and oxygen atoms in total. The van der Waals surface area contributed by atoms with Crippen molar-refractivity contribution in [1.82, 2.24) is 4.98 Å². The fourth-order valence-corrected chi connectivity index (χ4v) is 1.43. The molecule has 4 heteroatoms. The van der Waals surface area contributed by atoms with E-state index in [1.54, 1.807) is 6.20 Å². The third-order valence-electron chi connectivity index (χ3n) is 1.89. The van der Waals surface area contributed by atoms with Gasteiger partial charge in [-0.05, 0) is 34.5 Å². The summed E-state index contributed by atoms with van der Waals surface area (Å²) in [7, 11) is 0. The average Bonchev–Trinajstić information content (AvgIpc) is 2.22. The van der Waals surface area contributed by atoms with E-state index >= 15 is 0 Å². The van der Waals surface area contributed by atoms with Crippen LogP contribution < -0.4 is 0 Å². The van der Waals surface area contributed by atoms with Gasteiger partial charge in [0.2, 0.25) is 0 Å². The van der Waals surface area contributed by atoms with Gasteiger partial charge in [-0.3, -0.25) is 4.98 Å². The van der Waals surface area contributed by atoms with Crippen LogP contribution in [0.3, 0.4) is 0 Å². The van der Waals surface area contributed by atoms with E-state index in [0.29, 0.717) is 19.6 Å². The van der Waals surface area contributed by atoms with Gasteiger partial charge in [-0.25, -0.2) is 0 Å². The van der Waals surface area contributed by atoms with Crippen molar-refractivity contribution in [1.29, 1.82) is 0 Å². The number of hydrogen-bond acceptors (Lipinski definition) is 3. The predicted molar refractivity (Wildman–Crippen MR) is 62.8 cm³/mol. The molecule has 84 valence electrons. The van der Waals surface area contributed by atoms with Crippen molar-refractivity contribution in [2.45, 2.75) is 25.9 Å². The van der Waals surface area contributed by atoms with Crippen molar-refractivity contribution in [2.75, 3.05) is 13.2 Å². The lowest BCUT2D eigenvalue weighted by molar-refractivity contribution is 0.0369. The van der Waals surface area contributed by atoms with E-state index in [1.807, 2.05) is 19.1 Å². The van der Waals surface area contributed by atoms with Crippen LogP contribution in [0, 0.1) is 0 Å². The first-order valence-corrected chi connectivity index (χ1v) is 5.88. The molecular formula is C11H16BrNO2. The number of rotatable bonds is 6. The zero-order valence-corrected chi connectivity index (χ0v) is 10.4. The van der Waals surface area contributed by atoms with Gasteiger partial charge < -0.3 is 9.84 Å². The molecule has 0 aromatic carbocycles. The second kappa shape index (κ2) is 6.93. The van der Waals surface area contributed by atoms with Gasteiger partial charge in [0.15, 0.2) is 0 Å². The molecule has 1 unspecified atom stereocenters. The van der Waals surface area contributed by atoms with E-state index in [1.165, 1.54) is 0 Å². The first-order chi connectivity index (χ1) is 7.22. The molecule has 0 spiro atoms. The lowest BCUT2D eigenvalue weighted by Crippen LogP contribution is -2.19. The Balaban J connectivity index is 2.31. The molecular weight excluding hydrogens is 258 g/mol. The van der Waals surface area contributed by atoms with Gasteiger partial charge in [0.1, 0.15) is 0 Å². The summed E-state index contributed by atoms with van der Waals surface area (Å²) in [5.41, 5.74) is 0.880. The van der Waals surface area contributed by atoms with E-state index in [-0.39, 0.29) is 0 Å². The maximum atomic E-state index is 9.62. The molecule has 0 aliphatic carbocycles. The van der Waals surface area contributed by atoms with Crippen molar-refractivity contribution in [2.24, 2.45) is 0 Å². The quantitative estimate of drug-likeness (QED) is 0.808. The summed E-state index contributed by atoms with van der Waals surface area (Å²) >= 11 is 3.31. The van der Waals surface area contributed by atoms with Crippen LogP contribution in [-0.4, -0.2) is 29.4 Å². The molecule has 0 aliphatic heterocycles. The Bertz CT molecular complexity index is 276. The summed E-state index contributed by atoms with van der Waals surface area (Å²) in [5.74, 6) is 0. The lowest BCUT2D eigenvalue weighted by atomic mass is 10.2. The minimum atomic E-state index is -0.467. The molecule has 1 N–H and O–H groups in total. The van der Waals surface area contributed by atoms with E-state index in [2.05, 4.69) is 20.9 Å². The maximum absolute atomic E-state index is 9.62. The summed E-state index contributed by atoms with van der Waals surface area (Å²) in [6.45, 7) is 3.12. The number of pyridine rings is 1. The fourth-order valence-electron chi connectivity index (χ4n) is 1.19. The van der Waals surface area contributed by atoms with Crippen LogP contribution in [0.5, 0.6) is 0 Å². The van der Waals surface area contributed by atoms with Crippen molar-refractivity contribution in [3.63, 3.8) is 0 Å². The Labute approximate surface area is 98.6 Å². The van der Waals surface area contributed by atoms with E-state index in [9.17, 15) is 5.11 Å². The van der Waals surface area contributed by atoms with Crippen LogP contribution in [0.2, 0.25) is 0 Å². The number of aliphatic hydroxyl groups excluding tert-OH is 1. The Morgan fingerprint density at radius 2 is 2.33 bits per heavy atom. The second-order valence-corrected chi connectivity index (χ2v) is 4.32. The monoisotopic (exact) mass is 273 g/mol. The minimum Gasteiger partial charge on any atom is -0.390 e. The third-order valence-corrected chi connectivity index (χ3v) is 2.36. The highest BCUT2D eigenvalue weighted by atomic mass is 79.9. The SMILES string of the molecule is CCCOCC(O)Cc1ccc(Br)cn1. The lowest BCUT2D eigenvalue weighted by Gasteiger charge is -2.10. The highest BCUT2D eigenvalue weighted by molar-refractivity contribution is 9.10. The summed E-state index contributed by atoms with van der Waals surface area (Å²) in [6.07, 6.45) is 2.78. The zero-order valence-electron chi connectivity index (χ0n) is 8.82. The van der Waals surface area contributed by atoms with Crippen molar-refractivity contribution < 1.29 is 9.84 Å². The number of hydrogen-bond donors (Lipinski definition) is 1. The molecule has 0 saturated carbocycles. The first kappa shape index (κ1) is 12.6. The van der Waals surface area contributed by atoms with Crippen LogP contribution in [0.15, 0.2) is 22.8 Å². The van der Waals surface area contributed by atoms with Gasteiger partial charge in [-0.2, -0.15) is 0 Å².